The molecule has 0 spiro atoms. The van der Waals surface area contributed by atoms with E-state index in [2.05, 4.69) is 10.3 Å². The highest BCUT2D eigenvalue weighted by atomic mass is 35.5. The van der Waals surface area contributed by atoms with Gasteiger partial charge in [-0.2, -0.15) is 0 Å². The summed E-state index contributed by atoms with van der Waals surface area (Å²) in [6.07, 6.45) is -0.238. The van der Waals surface area contributed by atoms with Gasteiger partial charge in [0.2, 0.25) is 5.89 Å². The molecule has 1 aliphatic rings. The minimum Gasteiger partial charge on any atom is -0.484 e. The molecule has 4 rings (SSSR count). The van der Waals surface area contributed by atoms with Crippen molar-refractivity contribution in [2.45, 2.75) is 24.9 Å². The molecule has 2 N–H and O–H groups in total. The Morgan fingerprint density at radius 2 is 2.06 bits per heavy atom. The molecule has 32 heavy (non-hydrogen) atoms. The van der Waals surface area contributed by atoms with E-state index in [1.165, 1.54) is 17.0 Å². The van der Waals surface area contributed by atoms with Crippen molar-refractivity contribution in [2.75, 3.05) is 13.2 Å². The molecule has 168 valence electrons. The van der Waals surface area contributed by atoms with Gasteiger partial charge in [0.25, 0.3) is 5.91 Å². The molecule has 0 radical (unpaired) electrons. The van der Waals surface area contributed by atoms with Gasteiger partial charge in [0.1, 0.15) is 23.1 Å². The first kappa shape index (κ1) is 22.2. The van der Waals surface area contributed by atoms with Gasteiger partial charge in [-0.1, -0.05) is 23.2 Å². The molecule has 0 unspecified atom stereocenters. The van der Waals surface area contributed by atoms with Crippen LogP contribution < -0.4 is 10.1 Å². The van der Waals surface area contributed by atoms with Crippen LogP contribution in [0, 0.1) is 5.82 Å². The molecule has 3 aromatic rings. The number of hydrogen-bond acceptors (Lipinski definition) is 5. The summed E-state index contributed by atoms with van der Waals surface area (Å²) in [5, 5.41) is 12.9. The van der Waals surface area contributed by atoms with Crippen molar-refractivity contribution in [3.63, 3.8) is 0 Å². The van der Waals surface area contributed by atoms with Gasteiger partial charge in [-0.3, -0.25) is 9.69 Å². The van der Waals surface area contributed by atoms with Crippen LogP contribution in [0.15, 0.2) is 40.8 Å². The summed E-state index contributed by atoms with van der Waals surface area (Å²) >= 11 is 11.6. The summed E-state index contributed by atoms with van der Waals surface area (Å²) < 4.78 is 24.5. The van der Waals surface area contributed by atoms with Gasteiger partial charge in [-0.05, 0) is 37.1 Å². The monoisotopic (exact) mass is 481 g/mol. The third-order valence-corrected chi connectivity index (χ3v) is 5.65. The highest BCUT2D eigenvalue weighted by Gasteiger charge is 2.36. The van der Waals surface area contributed by atoms with Crippen LogP contribution >= 0.6 is 23.2 Å². The first-order valence-electron chi connectivity index (χ1n) is 9.73. The Morgan fingerprint density at radius 3 is 2.81 bits per heavy atom. The number of benzene rings is 2. The number of carbonyl (C=O) groups excluding carboxylic acids is 1. The van der Waals surface area contributed by atoms with Crippen LogP contribution in [-0.2, 0) is 4.79 Å². The fourth-order valence-electron chi connectivity index (χ4n) is 3.60. The van der Waals surface area contributed by atoms with E-state index < -0.39 is 29.9 Å². The number of oxazole rings is 1. The Hall–Kier alpha value is -3.04. The van der Waals surface area contributed by atoms with Gasteiger partial charge in [0, 0.05) is 29.7 Å². The predicted octanol–water partition coefficient (Wildman–Crippen LogP) is 4.65. The van der Waals surface area contributed by atoms with Gasteiger partial charge < -0.3 is 19.6 Å². The number of piperidine rings is 1. The molecular formula is C21H18Cl2FN3O5. The number of nitrogens with zero attached hydrogens (tertiary/aromatic N) is 2. The molecule has 2 amide bonds. The number of halogens is 3. The van der Waals surface area contributed by atoms with E-state index in [1.54, 1.807) is 18.2 Å². The zero-order chi connectivity index (χ0) is 22.8. The molecule has 0 aliphatic carbocycles. The highest BCUT2D eigenvalue weighted by Crippen LogP contribution is 2.33. The smallest absolute Gasteiger partial charge is 0.408 e. The van der Waals surface area contributed by atoms with Crippen LogP contribution in [0.5, 0.6) is 5.75 Å². The largest absolute Gasteiger partial charge is 0.484 e. The Bertz CT molecular complexity index is 1170. The number of carboxylic acid groups (broad SMARTS) is 1. The van der Waals surface area contributed by atoms with Crippen LogP contribution in [0.25, 0.3) is 11.1 Å². The number of nitrogens with one attached hydrogen (secondary N) is 1. The molecule has 11 heteroatoms. The van der Waals surface area contributed by atoms with E-state index in [0.29, 0.717) is 29.0 Å². The lowest BCUT2D eigenvalue weighted by molar-refractivity contribution is -0.124. The van der Waals surface area contributed by atoms with Gasteiger partial charge in [-0.25, -0.2) is 14.2 Å². The number of amides is 2. The van der Waals surface area contributed by atoms with Gasteiger partial charge in [-0.15, -0.1) is 0 Å². The Kier molecular flexibility index (Phi) is 6.38. The van der Waals surface area contributed by atoms with E-state index in [9.17, 15) is 19.1 Å². The summed E-state index contributed by atoms with van der Waals surface area (Å²) in [5.74, 6) is -0.663. The average molecular weight is 482 g/mol. The number of rotatable bonds is 5. The second-order valence-electron chi connectivity index (χ2n) is 7.32. The normalized spacial score (nSPS) is 18.5. The molecule has 1 aliphatic heterocycles. The lowest BCUT2D eigenvalue weighted by Gasteiger charge is -2.36. The number of ether oxygens (including phenoxy) is 1. The second kappa shape index (κ2) is 9.22. The SMILES string of the molecule is O=C(COc1ccc(Cl)c(F)c1)N[C@H]1CC[C@H](c2nc3ccc(Cl)cc3o2)N(C(=O)O)C1. The minimum atomic E-state index is -1.15. The maximum absolute atomic E-state index is 13.5. The van der Waals surface area contributed by atoms with Crippen molar-refractivity contribution in [1.29, 1.82) is 0 Å². The number of hydrogen-bond donors (Lipinski definition) is 2. The topological polar surface area (TPSA) is 105 Å². The summed E-state index contributed by atoms with van der Waals surface area (Å²) in [5.41, 5.74) is 1.06. The Morgan fingerprint density at radius 1 is 1.25 bits per heavy atom. The molecule has 1 fully saturated rings. The van der Waals surface area contributed by atoms with Gasteiger partial charge in [0.05, 0.1) is 5.02 Å². The molecule has 2 aromatic carbocycles. The Balaban J connectivity index is 1.38. The van der Waals surface area contributed by atoms with E-state index >= 15 is 0 Å². The van der Waals surface area contributed by atoms with Crippen molar-refractivity contribution in [1.82, 2.24) is 15.2 Å². The number of likely N-dealkylation sites (tertiary alicyclic amines) is 1. The first-order valence-corrected chi connectivity index (χ1v) is 10.5. The summed E-state index contributed by atoms with van der Waals surface area (Å²) in [6.45, 7) is -0.291. The van der Waals surface area contributed by atoms with Crippen LogP contribution in [0.4, 0.5) is 9.18 Å². The predicted molar refractivity (Wildman–Crippen MR) is 115 cm³/mol. The van der Waals surface area contributed by atoms with E-state index in [0.717, 1.165) is 6.07 Å². The fourth-order valence-corrected chi connectivity index (χ4v) is 3.88. The van der Waals surface area contributed by atoms with E-state index in [-0.39, 0.29) is 29.8 Å². The van der Waals surface area contributed by atoms with Crippen LogP contribution in [-0.4, -0.2) is 46.2 Å². The van der Waals surface area contributed by atoms with Crippen molar-refractivity contribution in [3.05, 3.63) is 58.2 Å². The molecule has 2 atom stereocenters. The standard InChI is InChI=1S/C21H18Cl2FN3O5/c22-11-1-5-16-18(7-11)32-20(26-16)17-6-2-12(9-27(17)21(29)30)25-19(28)10-31-13-3-4-14(23)15(24)8-13/h1,3-5,7-8,12,17H,2,6,9-10H2,(H,25,28)(H,29,30)/t12-,17+/m0/s1. The first-order chi connectivity index (χ1) is 15.3. The van der Waals surface area contributed by atoms with E-state index in [1.807, 2.05) is 0 Å². The highest BCUT2D eigenvalue weighted by molar-refractivity contribution is 6.31. The average Bonchev–Trinajstić information content (AvgIpc) is 3.17. The molecular weight excluding hydrogens is 464 g/mol. The molecule has 1 saturated heterocycles. The van der Waals surface area contributed by atoms with Crippen LogP contribution in [0.2, 0.25) is 10.0 Å². The zero-order valence-corrected chi connectivity index (χ0v) is 18.1. The third kappa shape index (κ3) is 4.89. The van der Waals surface area contributed by atoms with Crippen LogP contribution in [0.3, 0.4) is 0 Å². The molecule has 0 bridgehead atoms. The molecule has 0 saturated carbocycles. The van der Waals surface area contributed by atoms with Gasteiger partial charge >= 0.3 is 6.09 Å². The summed E-state index contributed by atoms with van der Waals surface area (Å²) in [4.78, 5) is 29.7. The van der Waals surface area contributed by atoms with Crippen molar-refractivity contribution < 1.29 is 28.2 Å². The lowest BCUT2D eigenvalue weighted by Crippen LogP contribution is -2.51. The van der Waals surface area contributed by atoms with Crippen molar-refractivity contribution in [3.8, 4) is 5.75 Å². The zero-order valence-electron chi connectivity index (χ0n) is 16.6. The molecule has 1 aromatic heterocycles. The quantitative estimate of drug-likeness (QED) is 0.549. The second-order valence-corrected chi connectivity index (χ2v) is 8.16. The Labute approximate surface area is 191 Å². The molecule has 8 nitrogen and oxygen atoms in total. The number of carbonyl (C=O) groups is 2. The maximum Gasteiger partial charge on any atom is 0.408 e. The summed E-state index contributed by atoms with van der Waals surface area (Å²) in [6, 6.07) is 7.86. The van der Waals surface area contributed by atoms with Gasteiger partial charge in [0.15, 0.2) is 12.2 Å². The van der Waals surface area contributed by atoms with Crippen molar-refractivity contribution in [2.24, 2.45) is 0 Å². The molecule has 2 heterocycles. The lowest BCUT2D eigenvalue weighted by atomic mass is 9.98. The minimum absolute atomic E-state index is 0.0469. The van der Waals surface area contributed by atoms with Crippen LogP contribution in [0.1, 0.15) is 24.8 Å². The third-order valence-electron chi connectivity index (χ3n) is 5.11. The number of fused-ring (bicyclic) bond motifs is 1. The fraction of sp³-hybridized carbons (Fsp3) is 0.286. The van der Waals surface area contributed by atoms with E-state index in [4.69, 9.17) is 32.4 Å². The number of aromatic nitrogens is 1. The van der Waals surface area contributed by atoms with Crippen molar-refractivity contribution >= 4 is 46.3 Å². The summed E-state index contributed by atoms with van der Waals surface area (Å²) in [7, 11) is 0. The maximum atomic E-state index is 13.5.